The summed E-state index contributed by atoms with van der Waals surface area (Å²) >= 11 is 0. The highest BCUT2D eigenvalue weighted by atomic mass is 16.3. The van der Waals surface area contributed by atoms with E-state index in [1.165, 1.54) is 25.7 Å². The van der Waals surface area contributed by atoms with Crippen LogP contribution in [0.15, 0.2) is 22.8 Å². The molecule has 0 unspecified atom stereocenters. The van der Waals surface area contributed by atoms with Crippen LogP contribution in [0.25, 0.3) is 0 Å². The first-order valence-corrected chi connectivity index (χ1v) is 9.06. The van der Waals surface area contributed by atoms with E-state index in [0.29, 0.717) is 12.6 Å². The summed E-state index contributed by atoms with van der Waals surface area (Å²) in [6, 6.07) is 4.36. The molecule has 1 aliphatic carbocycles. The Morgan fingerprint density at radius 2 is 1.78 bits per heavy atom. The standard InChI is InChI=1S/C18H29N3O2/c22-18(19-16-6-3-1-2-4-7-16)15-21-11-9-20(10-12-21)14-17-8-5-13-23-17/h5,8,13,16H,1-4,6-7,9-12,14-15H2,(H,19,22). The van der Waals surface area contributed by atoms with Gasteiger partial charge in [-0.05, 0) is 25.0 Å². The van der Waals surface area contributed by atoms with Crippen LogP contribution in [-0.2, 0) is 11.3 Å². The van der Waals surface area contributed by atoms with E-state index in [2.05, 4.69) is 15.1 Å². The fourth-order valence-electron chi connectivity index (χ4n) is 3.63. The van der Waals surface area contributed by atoms with E-state index in [9.17, 15) is 4.79 Å². The van der Waals surface area contributed by atoms with E-state index < -0.39 is 0 Å². The monoisotopic (exact) mass is 319 g/mol. The van der Waals surface area contributed by atoms with Crippen LogP contribution in [0.3, 0.4) is 0 Å². The van der Waals surface area contributed by atoms with Crippen molar-refractivity contribution in [1.29, 1.82) is 0 Å². The summed E-state index contributed by atoms with van der Waals surface area (Å²) in [6.45, 7) is 5.33. The van der Waals surface area contributed by atoms with Crippen LogP contribution in [0.5, 0.6) is 0 Å². The largest absolute Gasteiger partial charge is 0.468 e. The first kappa shape index (κ1) is 16.5. The minimum Gasteiger partial charge on any atom is -0.468 e. The molecular formula is C18H29N3O2. The molecule has 1 aromatic heterocycles. The van der Waals surface area contributed by atoms with Crippen LogP contribution >= 0.6 is 0 Å². The Bertz CT molecular complexity index is 459. The molecule has 3 rings (SSSR count). The summed E-state index contributed by atoms with van der Waals surface area (Å²) < 4.78 is 5.40. The lowest BCUT2D eigenvalue weighted by Crippen LogP contribution is -2.50. The average molecular weight is 319 g/mol. The lowest BCUT2D eigenvalue weighted by atomic mass is 10.1. The molecule has 1 aliphatic heterocycles. The second-order valence-electron chi connectivity index (χ2n) is 6.89. The molecule has 1 saturated carbocycles. The average Bonchev–Trinajstić information content (AvgIpc) is 2.92. The Hall–Kier alpha value is -1.33. The zero-order chi connectivity index (χ0) is 15.9. The second-order valence-corrected chi connectivity index (χ2v) is 6.89. The maximum atomic E-state index is 12.2. The first-order valence-electron chi connectivity index (χ1n) is 9.06. The highest BCUT2D eigenvalue weighted by Gasteiger charge is 2.21. The molecule has 0 aromatic carbocycles. The third-order valence-electron chi connectivity index (χ3n) is 5.01. The maximum Gasteiger partial charge on any atom is 0.234 e. The fourth-order valence-corrected chi connectivity index (χ4v) is 3.63. The number of hydrogen-bond acceptors (Lipinski definition) is 4. The predicted octanol–water partition coefficient (Wildman–Crippen LogP) is 2.24. The second kappa shape index (κ2) is 8.50. The Kier molecular flexibility index (Phi) is 6.11. The molecular weight excluding hydrogens is 290 g/mol. The summed E-state index contributed by atoms with van der Waals surface area (Å²) in [4.78, 5) is 16.9. The normalized spacial score (nSPS) is 21.9. The number of rotatable bonds is 5. The summed E-state index contributed by atoms with van der Waals surface area (Å²) in [5.74, 6) is 1.22. The Labute approximate surface area is 139 Å². The van der Waals surface area contributed by atoms with Gasteiger partial charge in [0.1, 0.15) is 5.76 Å². The number of nitrogens with one attached hydrogen (secondary N) is 1. The van der Waals surface area contributed by atoms with E-state index in [1.54, 1.807) is 6.26 Å². The van der Waals surface area contributed by atoms with Crippen LogP contribution < -0.4 is 5.32 Å². The molecule has 1 N–H and O–H groups in total. The first-order chi connectivity index (χ1) is 11.3. The Morgan fingerprint density at radius 3 is 2.43 bits per heavy atom. The number of furan rings is 1. The molecule has 128 valence electrons. The SMILES string of the molecule is O=C(CN1CCN(Cc2ccco2)CC1)NC1CCCCCC1. The van der Waals surface area contributed by atoms with Gasteiger partial charge in [0.05, 0.1) is 19.4 Å². The topological polar surface area (TPSA) is 48.7 Å². The molecule has 0 radical (unpaired) electrons. The molecule has 1 saturated heterocycles. The minimum atomic E-state index is 0.205. The fraction of sp³-hybridized carbons (Fsp3) is 0.722. The van der Waals surface area contributed by atoms with Gasteiger partial charge < -0.3 is 9.73 Å². The lowest BCUT2D eigenvalue weighted by Gasteiger charge is -2.34. The van der Waals surface area contributed by atoms with Gasteiger partial charge in [0.25, 0.3) is 0 Å². The number of carbonyl (C=O) groups excluding carboxylic acids is 1. The van der Waals surface area contributed by atoms with E-state index in [-0.39, 0.29) is 5.91 Å². The van der Waals surface area contributed by atoms with Gasteiger partial charge in [-0.25, -0.2) is 0 Å². The molecule has 0 spiro atoms. The number of hydrogen-bond donors (Lipinski definition) is 1. The van der Waals surface area contributed by atoms with Gasteiger partial charge in [0.2, 0.25) is 5.91 Å². The van der Waals surface area contributed by atoms with Crippen LogP contribution in [0.1, 0.15) is 44.3 Å². The quantitative estimate of drug-likeness (QED) is 0.846. The number of amides is 1. The highest BCUT2D eigenvalue weighted by molar-refractivity contribution is 5.78. The van der Waals surface area contributed by atoms with Gasteiger partial charge in [-0.15, -0.1) is 0 Å². The van der Waals surface area contributed by atoms with Crippen molar-refractivity contribution in [1.82, 2.24) is 15.1 Å². The van der Waals surface area contributed by atoms with Crippen LogP contribution in [0.2, 0.25) is 0 Å². The Morgan fingerprint density at radius 1 is 1.09 bits per heavy atom. The molecule has 23 heavy (non-hydrogen) atoms. The molecule has 0 bridgehead atoms. The molecule has 2 aliphatic rings. The molecule has 0 atom stereocenters. The molecule has 1 amide bonds. The summed E-state index contributed by atoms with van der Waals surface area (Å²) in [6.07, 6.45) is 9.20. The Balaban J connectivity index is 1.35. The van der Waals surface area contributed by atoms with E-state index in [1.807, 2.05) is 12.1 Å². The lowest BCUT2D eigenvalue weighted by molar-refractivity contribution is -0.123. The van der Waals surface area contributed by atoms with Gasteiger partial charge >= 0.3 is 0 Å². The summed E-state index contributed by atoms with van der Waals surface area (Å²) in [5, 5.41) is 3.24. The van der Waals surface area contributed by atoms with E-state index in [4.69, 9.17) is 4.42 Å². The zero-order valence-corrected chi connectivity index (χ0v) is 14.0. The highest BCUT2D eigenvalue weighted by Crippen LogP contribution is 2.17. The summed E-state index contributed by atoms with van der Waals surface area (Å²) in [7, 11) is 0. The number of piperazine rings is 1. The number of carbonyl (C=O) groups is 1. The minimum absolute atomic E-state index is 0.205. The predicted molar refractivity (Wildman–Crippen MR) is 90.1 cm³/mol. The number of nitrogens with zero attached hydrogens (tertiary/aromatic N) is 2. The van der Waals surface area contributed by atoms with E-state index in [0.717, 1.165) is 51.3 Å². The van der Waals surface area contributed by atoms with Gasteiger partial charge in [-0.1, -0.05) is 25.7 Å². The van der Waals surface area contributed by atoms with E-state index >= 15 is 0 Å². The van der Waals surface area contributed by atoms with Gasteiger partial charge in [0.15, 0.2) is 0 Å². The van der Waals surface area contributed by atoms with Crippen LogP contribution in [0, 0.1) is 0 Å². The van der Waals surface area contributed by atoms with Crippen molar-refractivity contribution in [2.24, 2.45) is 0 Å². The van der Waals surface area contributed by atoms with Crippen LogP contribution in [-0.4, -0.2) is 54.5 Å². The van der Waals surface area contributed by atoms with Crippen LogP contribution in [0.4, 0.5) is 0 Å². The van der Waals surface area contributed by atoms with Gasteiger partial charge in [-0.3, -0.25) is 14.6 Å². The summed E-state index contributed by atoms with van der Waals surface area (Å²) in [5.41, 5.74) is 0. The van der Waals surface area contributed by atoms with Crippen molar-refractivity contribution in [3.63, 3.8) is 0 Å². The molecule has 2 fully saturated rings. The molecule has 5 heteroatoms. The maximum absolute atomic E-state index is 12.2. The van der Waals surface area contributed by atoms with Gasteiger partial charge in [-0.2, -0.15) is 0 Å². The van der Waals surface area contributed by atoms with Crippen molar-refractivity contribution in [3.05, 3.63) is 24.2 Å². The third kappa shape index (κ3) is 5.36. The zero-order valence-electron chi connectivity index (χ0n) is 14.0. The molecule has 5 nitrogen and oxygen atoms in total. The smallest absolute Gasteiger partial charge is 0.234 e. The van der Waals surface area contributed by atoms with Crippen molar-refractivity contribution in [2.45, 2.75) is 51.1 Å². The molecule has 1 aromatic rings. The third-order valence-corrected chi connectivity index (χ3v) is 5.01. The molecule has 2 heterocycles. The van der Waals surface area contributed by atoms with Crippen molar-refractivity contribution < 1.29 is 9.21 Å². The van der Waals surface area contributed by atoms with Crippen molar-refractivity contribution in [3.8, 4) is 0 Å². The van der Waals surface area contributed by atoms with Crippen molar-refractivity contribution in [2.75, 3.05) is 32.7 Å². The van der Waals surface area contributed by atoms with Gasteiger partial charge in [0, 0.05) is 32.2 Å². The van der Waals surface area contributed by atoms with Crippen molar-refractivity contribution >= 4 is 5.91 Å².